The summed E-state index contributed by atoms with van der Waals surface area (Å²) >= 11 is 0. The van der Waals surface area contributed by atoms with Crippen molar-refractivity contribution >= 4 is 17.3 Å². The first-order valence-electron chi connectivity index (χ1n) is 8.05. The van der Waals surface area contributed by atoms with Crippen LogP contribution in [-0.2, 0) is 4.74 Å². The van der Waals surface area contributed by atoms with E-state index in [2.05, 4.69) is 29.4 Å². The molecule has 1 rings (SSSR count). The Hall–Kier alpha value is -2.19. The molecule has 1 aromatic carbocycles. The standard InChI is InChI=1S/C16H26N4O4/c1-4-19(5-2)10-8-18-16(21)13-6-7-14(17-9-11-24-3)15(12-13)20(22)23/h6-7,12,17H,4-5,8-11H2,1-3H3,(H,18,21). The van der Waals surface area contributed by atoms with Gasteiger partial charge in [-0.1, -0.05) is 13.8 Å². The van der Waals surface area contributed by atoms with Crippen LogP contribution in [-0.4, -0.2) is 62.2 Å². The van der Waals surface area contributed by atoms with Gasteiger partial charge in [0.15, 0.2) is 0 Å². The molecule has 134 valence electrons. The maximum atomic E-state index is 12.2. The third-order valence-electron chi connectivity index (χ3n) is 3.69. The number of likely N-dealkylation sites (N-methyl/N-ethyl adjacent to an activating group) is 1. The predicted molar refractivity (Wildman–Crippen MR) is 93.6 cm³/mol. The Labute approximate surface area is 142 Å². The van der Waals surface area contributed by atoms with Crippen molar-refractivity contribution in [2.45, 2.75) is 13.8 Å². The third kappa shape index (κ3) is 6.13. The number of nitro groups is 1. The van der Waals surface area contributed by atoms with E-state index in [-0.39, 0.29) is 17.2 Å². The van der Waals surface area contributed by atoms with Crippen LogP contribution in [0.5, 0.6) is 0 Å². The monoisotopic (exact) mass is 338 g/mol. The highest BCUT2D eigenvalue weighted by Crippen LogP contribution is 2.25. The van der Waals surface area contributed by atoms with Gasteiger partial charge in [-0.25, -0.2) is 0 Å². The third-order valence-corrected chi connectivity index (χ3v) is 3.69. The summed E-state index contributed by atoms with van der Waals surface area (Å²) in [6, 6.07) is 4.42. The Balaban J connectivity index is 2.72. The molecule has 0 heterocycles. The van der Waals surface area contributed by atoms with Crippen molar-refractivity contribution in [2.24, 2.45) is 0 Å². The maximum absolute atomic E-state index is 12.2. The van der Waals surface area contributed by atoms with Gasteiger partial charge in [-0.3, -0.25) is 14.9 Å². The normalized spacial score (nSPS) is 10.7. The summed E-state index contributed by atoms with van der Waals surface area (Å²) in [6.45, 7) is 8.09. The molecular weight excluding hydrogens is 312 g/mol. The fourth-order valence-corrected chi connectivity index (χ4v) is 2.23. The van der Waals surface area contributed by atoms with Gasteiger partial charge in [0.2, 0.25) is 0 Å². The van der Waals surface area contributed by atoms with Gasteiger partial charge in [-0.05, 0) is 25.2 Å². The lowest BCUT2D eigenvalue weighted by Crippen LogP contribution is -2.34. The number of nitro benzene ring substituents is 1. The molecule has 0 aliphatic carbocycles. The van der Waals surface area contributed by atoms with Gasteiger partial charge in [0.1, 0.15) is 5.69 Å². The van der Waals surface area contributed by atoms with Crippen LogP contribution in [0.1, 0.15) is 24.2 Å². The maximum Gasteiger partial charge on any atom is 0.293 e. The average molecular weight is 338 g/mol. The summed E-state index contributed by atoms with van der Waals surface area (Å²) in [5.41, 5.74) is 0.526. The fourth-order valence-electron chi connectivity index (χ4n) is 2.23. The van der Waals surface area contributed by atoms with Gasteiger partial charge in [-0.2, -0.15) is 0 Å². The second-order valence-corrected chi connectivity index (χ2v) is 5.19. The lowest BCUT2D eigenvalue weighted by Gasteiger charge is -2.18. The van der Waals surface area contributed by atoms with Crippen molar-refractivity contribution in [1.29, 1.82) is 0 Å². The van der Waals surface area contributed by atoms with Crippen LogP contribution in [0.3, 0.4) is 0 Å². The topological polar surface area (TPSA) is 96.7 Å². The van der Waals surface area contributed by atoms with Gasteiger partial charge >= 0.3 is 0 Å². The van der Waals surface area contributed by atoms with Crippen LogP contribution in [0.4, 0.5) is 11.4 Å². The number of methoxy groups -OCH3 is 1. The smallest absolute Gasteiger partial charge is 0.293 e. The van der Waals surface area contributed by atoms with Crippen molar-refractivity contribution in [3.8, 4) is 0 Å². The summed E-state index contributed by atoms with van der Waals surface area (Å²) in [7, 11) is 1.56. The van der Waals surface area contributed by atoms with Crippen molar-refractivity contribution < 1.29 is 14.5 Å². The summed E-state index contributed by atoms with van der Waals surface area (Å²) in [5, 5.41) is 16.9. The van der Waals surface area contributed by atoms with E-state index < -0.39 is 4.92 Å². The Morgan fingerprint density at radius 2 is 2.00 bits per heavy atom. The number of hydrogen-bond donors (Lipinski definition) is 2. The quantitative estimate of drug-likeness (QED) is 0.362. The molecule has 0 bridgehead atoms. The molecular formula is C16H26N4O4. The van der Waals surface area contributed by atoms with Gasteiger partial charge in [0.05, 0.1) is 11.5 Å². The van der Waals surface area contributed by atoms with Crippen LogP contribution < -0.4 is 10.6 Å². The number of anilines is 1. The van der Waals surface area contributed by atoms with Crippen LogP contribution in [0.15, 0.2) is 18.2 Å². The summed E-state index contributed by atoms with van der Waals surface area (Å²) < 4.78 is 4.91. The number of carbonyl (C=O) groups excluding carboxylic acids is 1. The zero-order chi connectivity index (χ0) is 17.9. The Morgan fingerprint density at radius 3 is 2.58 bits per heavy atom. The molecule has 0 fully saturated rings. The van der Waals surface area contributed by atoms with Crippen LogP contribution in [0.2, 0.25) is 0 Å². The molecule has 0 spiro atoms. The lowest BCUT2D eigenvalue weighted by molar-refractivity contribution is -0.384. The molecule has 0 saturated heterocycles. The van der Waals surface area contributed by atoms with Gasteiger partial charge in [0.25, 0.3) is 11.6 Å². The minimum absolute atomic E-state index is 0.123. The minimum atomic E-state index is -0.498. The summed E-state index contributed by atoms with van der Waals surface area (Å²) in [6.07, 6.45) is 0. The molecule has 2 N–H and O–H groups in total. The van der Waals surface area contributed by atoms with E-state index in [9.17, 15) is 14.9 Å². The molecule has 0 atom stereocenters. The number of nitrogens with one attached hydrogen (secondary N) is 2. The molecule has 8 nitrogen and oxygen atoms in total. The molecule has 1 aromatic rings. The summed E-state index contributed by atoms with van der Waals surface area (Å²) in [5.74, 6) is -0.311. The molecule has 0 radical (unpaired) electrons. The SMILES string of the molecule is CCN(CC)CCNC(=O)c1ccc(NCCOC)c([N+](=O)[O-])c1. The van der Waals surface area contributed by atoms with E-state index in [1.807, 2.05) is 0 Å². The zero-order valence-electron chi connectivity index (χ0n) is 14.5. The summed E-state index contributed by atoms with van der Waals surface area (Å²) in [4.78, 5) is 25.1. The molecule has 1 amide bonds. The fraction of sp³-hybridized carbons (Fsp3) is 0.562. The van der Waals surface area contributed by atoms with Crippen molar-refractivity contribution in [3.05, 3.63) is 33.9 Å². The van der Waals surface area contributed by atoms with E-state index in [1.165, 1.54) is 6.07 Å². The molecule has 24 heavy (non-hydrogen) atoms. The number of amides is 1. The second-order valence-electron chi connectivity index (χ2n) is 5.19. The van der Waals surface area contributed by atoms with Gasteiger partial charge < -0.3 is 20.3 Å². The number of carbonyl (C=O) groups is 1. The highest BCUT2D eigenvalue weighted by molar-refractivity contribution is 5.95. The van der Waals surface area contributed by atoms with Crippen LogP contribution in [0.25, 0.3) is 0 Å². The molecule has 0 saturated carbocycles. The van der Waals surface area contributed by atoms with Crippen LogP contribution in [0, 0.1) is 10.1 Å². The number of nitrogens with zero attached hydrogens (tertiary/aromatic N) is 2. The second kappa shape index (κ2) is 10.6. The number of benzene rings is 1. The number of rotatable bonds is 11. The minimum Gasteiger partial charge on any atom is -0.383 e. The van der Waals surface area contributed by atoms with Crippen molar-refractivity contribution in [1.82, 2.24) is 10.2 Å². The highest BCUT2D eigenvalue weighted by Gasteiger charge is 2.17. The lowest BCUT2D eigenvalue weighted by atomic mass is 10.1. The van der Waals surface area contributed by atoms with Crippen molar-refractivity contribution in [3.63, 3.8) is 0 Å². The first-order chi connectivity index (χ1) is 11.5. The molecule has 0 aliphatic heterocycles. The van der Waals surface area contributed by atoms with Gasteiger partial charge in [0, 0.05) is 38.4 Å². The molecule has 8 heteroatoms. The molecule has 0 aromatic heterocycles. The zero-order valence-corrected chi connectivity index (χ0v) is 14.5. The Bertz CT molecular complexity index is 547. The van der Waals surface area contributed by atoms with Crippen molar-refractivity contribution in [2.75, 3.05) is 51.8 Å². The largest absolute Gasteiger partial charge is 0.383 e. The first-order valence-corrected chi connectivity index (χ1v) is 8.05. The van der Waals surface area contributed by atoms with E-state index in [0.717, 1.165) is 19.6 Å². The molecule has 0 unspecified atom stereocenters. The number of hydrogen-bond acceptors (Lipinski definition) is 6. The number of ether oxygens (including phenoxy) is 1. The predicted octanol–water partition coefficient (Wildman–Crippen LogP) is 1.72. The highest BCUT2D eigenvalue weighted by atomic mass is 16.6. The van der Waals surface area contributed by atoms with Gasteiger partial charge in [-0.15, -0.1) is 0 Å². The van der Waals surface area contributed by atoms with E-state index >= 15 is 0 Å². The average Bonchev–Trinajstić information content (AvgIpc) is 2.58. The van der Waals surface area contributed by atoms with E-state index in [4.69, 9.17) is 4.74 Å². The first kappa shape index (κ1) is 19.9. The Kier molecular flexibility index (Phi) is 8.74. The van der Waals surface area contributed by atoms with E-state index in [1.54, 1.807) is 19.2 Å². The van der Waals surface area contributed by atoms with Crippen LogP contribution >= 0.6 is 0 Å². The molecule has 0 aliphatic rings. The van der Waals surface area contributed by atoms with E-state index in [0.29, 0.717) is 25.4 Å². The Morgan fingerprint density at radius 1 is 1.29 bits per heavy atom.